The number of nitrogens with one attached hydrogen (secondary N) is 1. The lowest BCUT2D eigenvalue weighted by molar-refractivity contribution is -0.130. The maximum absolute atomic E-state index is 12.2. The van der Waals surface area contributed by atoms with Crippen molar-refractivity contribution in [1.82, 2.24) is 10.3 Å². The Hall–Kier alpha value is -2.17. The number of piperidine rings is 1. The van der Waals surface area contributed by atoms with E-state index in [1.807, 2.05) is 17.0 Å². The highest BCUT2D eigenvalue weighted by molar-refractivity contribution is 6.01. The number of carbonyl (C=O) groups is 2. The lowest BCUT2D eigenvalue weighted by atomic mass is 9.87. The van der Waals surface area contributed by atoms with E-state index in [0.717, 1.165) is 25.9 Å². The minimum absolute atomic E-state index is 0.0541. The van der Waals surface area contributed by atoms with Crippen LogP contribution in [0.25, 0.3) is 0 Å². The Morgan fingerprint density at radius 3 is 2.24 bits per heavy atom. The maximum atomic E-state index is 12.2. The zero-order valence-electron chi connectivity index (χ0n) is 15.8. The Morgan fingerprint density at radius 2 is 1.68 bits per heavy atom. The lowest BCUT2D eigenvalue weighted by Gasteiger charge is -2.26. The van der Waals surface area contributed by atoms with Gasteiger partial charge < -0.3 is 4.90 Å². The molecule has 0 spiro atoms. The number of hydrogen-bond acceptors (Lipinski definition) is 3. The summed E-state index contributed by atoms with van der Waals surface area (Å²) in [6, 6.07) is 7.54. The molecule has 1 aliphatic heterocycles. The van der Waals surface area contributed by atoms with Gasteiger partial charge in [0.2, 0.25) is 5.91 Å². The predicted molar refractivity (Wildman–Crippen MR) is 101 cm³/mol. The first-order valence-corrected chi connectivity index (χ1v) is 8.99. The molecule has 0 saturated carbocycles. The Morgan fingerprint density at radius 1 is 1.08 bits per heavy atom. The van der Waals surface area contributed by atoms with E-state index in [4.69, 9.17) is 0 Å². The molecule has 0 radical (unpaired) electrons. The fraction of sp³-hybridized carbons (Fsp3) is 0.550. The second-order valence-corrected chi connectivity index (χ2v) is 7.73. The molecule has 0 aliphatic carbocycles. The molecule has 0 atom stereocenters. The van der Waals surface area contributed by atoms with Crippen molar-refractivity contribution in [3.8, 4) is 0 Å². The first-order valence-electron chi connectivity index (χ1n) is 8.99. The number of benzene rings is 1. The van der Waals surface area contributed by atoms with Gasteiger partial charge in [0, 0.05) is 24.4 Å². The molecule has 25 heavy (non-hydrogen) atoms. The van der Waals surface area contributed by atoms with Crippen LogP contribution in [0.3, 0.4) is 0 Å². The molecule has 1 aromatic rings. The average Bonchev–Trinajstić information content (AvgIpc) is 2.59. The highest BCUT2D eigenvalue weighted by Gasteiger charge is 2.17. The van der Waals surface area contributed by atoms with E-state index in [9.17, 15) is 9.59 Å². The third-order valence-corrected chi connectivity index (χ3v) is 4.48. The van der Waals surface area contributed by atoms with E-state index < -0.39 is 0 Å². The van der Waals surface area contributed by atoms with Crippen LogP contribution in [0.1, 0.15) is 69.3 Å². The van der Waals surface area contributed by atoms with Gasteiger partial charge in [0.25, 0.3) is 5.91 Å². The minimum Gasteiger partial charge on any atom is -0.342 e. The Balaban J connectivity index is 1.89. The molecule has 0 unspecified atom stereocenters. The van der Waals surface area contributed by atoms with E-state index in [1.165, 1.54) is 12.0 Å². The van der Waals surface area contributed by atoms with Crippen molar-refractivity contribution in [2.24, 2.45) is 5.10 Å². The summed E-state index contributed by atoms with van der Waals surface area (Å²) >= 11 is 0. The van der Waals surface area contributed by atoms with Gasteiger partial charge in [-0.15, -0.1) is 0 Å². The molecule has 5 nitrogen and oxygen atoms in total. The minimum atomic E-state index is -0.259. The highest BCUT2D eigenvalue weighted by Crippen LogP contribution is 2.22. The summed E-state index contributed by atoms with van der Waals surface area (Å²) in [7, 11) is 0. The zero-order valence-corrected chi connectivity index (χ0v) is 15.8. The lowest BCUT2D eigenvalue weighted by Crippen LogP contribution is -2.36. The van der Waals surface area contributed by atoms with E-state index in [0.29, 0.717) is 11.3 Å². The SMILES string of the molecule is C/C(CC(=O)N1CCCCC1)=N/NC(=O)c1ccc(C(C)(C)C)cc1. The van der Waals surface area contributed by atoms with Crippen molar-refractivity contribution < 1.29 is 9.59 Å². The molecule has 5 heteroatoms. The molecular weight excluding hydrogens is 314 g/mol. The number of nitrogens with zero attached hydrogens (tertiary/aromatic N) is 2. The fourth-order valence-corrected chi connectivity index (χ4v) is 2.85. The highest BCUT2D eigenvalue weighted by atomic mass is 16.2. The number of rotatable bonds is 4. The second-order valence-electron chi connectivity index (χ2n) is 7.73. The zero-order chi connectivity index (χ0) is 18.4. The summed E-state index contributed by atoms with van der Waals surface area (Å²) in [5.74, 6) is -0.171. The van der Waals surface area contributed by atoms with Gasteiger partial charge in [-0.2, -0.15) is 5.10 Å². The van der Waals surface area contributed by atoms with Crippen molar-refractivity contribution in [3.05, 3.63) is 35.4 Å². The van der Waals surface area contributed by atoms with E-state index in [2.05, 4.69) is 31.3 Å². The van der Waals surface area contributed by atoms with Crippen LogP contribution >= 0.6 is 0 Å². The Kier molecular flexibility index (Phi) is 6.34. The van der Waals surface area contributed by atoms with Gasteiger partial charge in [-0.1, -0.05) is 32.9 Å². The van der Waals surface area contributed by atoms with E-state index >= 15 is 0 Å². The second kappa shape index (κ2) is 8.28. The van der Waals surface area contributed by atoms with Crippen LogP contribution in [0.5, 0.6) is 0 Å². The van der Waals surface area contributed by atoms with Crippen LogP contribution in [0.4, 0.5) is 0 Å². The third kappa shape index (κ3) is 5.69. The molecule has 1 aromatic carbocycles. The molecule has 0 aromatic heterocycles. The fourth-order valence-electron chi connectivity index (χ4n) is 2.85. The summed E-state index contributed by atoms with van der Waals surface area (Å²) in [5.41, 5.74) is 4.96. The molecule has 0 bridgehead atoms. The Labute approximate surface area is 150 Å². The van der Waals surface area contributed by atoms with Gasteiger partial charge in [-0.3, -0.25) is 9.59 Å². The maximum Gasteiger partial charge on any atom is 0.271 e. The largest absolute Gasteiger partial charge is 0.342 e. The topological polar surface area (TPSA) is 61.8 Å². The first-order chi connectivity index (χ1) is 11.8. The van der Waals surface area contributed by atoms with Crippen molar-refractivity contribution in [3.63, 3.8) is 0 Å². The third-order valence-electron chi connectivity index (χ3n) is 4.48. The summed E-state index contributed by atoms with van der Waals surface area (Å²) in [6.45, 7) is 9.83. The van der Waals surface area contributed by atoms with Gasteiger partial charge in [-0.25, -0.2) is 5.43 Å². The van der Waals surface area contributed by atoms with Crippen molar-refractivity contribution in [2.45, 2.75) is 58.8 Å². The van der Waals surface area contributed by atoms with Gasteiger partial charge in [0.05, 0.1) is 6.42 Å². The van der Waals surface area contributed by atoms with Crippen LogP contribution in [-0.2, 0) is 10.2 Å². The summed E-state index contributed by atoms with van der Waals surface area (Å²) < 4.78 is 0. The van der Waals surface area contributed by atoms with Gasteiger partial charge in [0.15, 0.2) is 0 Å². The molecule has 1 saturated heterocycles. The van der Waals surface area contributed by atoms with Crippen LogP contribution in [0, 0.1) is 0 Å². The van der Waals surface area contributed by atoms with E-state index in [-0.39, 0.29) is 23.7 Å². The number of hydrogen-bond donors (Lipinski definition) is 1. The predicted octanol–water partition coefficient (Wildman–Crippen LogP) is 3.49. The van der Waals surface area contributed by atoms with Gasteiger partial charge >= 0.3 is 0 Å². The number of likely N-dealkylation sites (tertiary alicyclic amines) is 1. The molecule has 1 fully saturated rings. The van der Waals surface area contributed by atoms with Gasteiger partial charge in [0.1, 0.15) is 0 Å². The normalized spacial score (nSPS) is 15.8. The summed E-state index contributed by atoms with van der Waals surface area (Å²) in [4.78, 5) is 26.3. The van der Waals surface area contributed by atoms with Crippen molar-refractivity contribution in [1.29, 1.82) is 0 Å². The molecule has 2 rings (SSSR count). The Bertz CT molecular complexity index is 636. The number of carbonyl (C=O) groups excluding carboxylic acids is 2. The molecule has 1 N–H and O–H groups in total. The summed E-state index contributed by atoms with van der Waals surface area (Å²) in [5, 5.41) is 4.08. The molecule has 1 aliphatic rings. The quantitative estimate of drug-likeness (QED) is 0.672. The molecular formula is C20H29N3O2. The average molecular weight is 343 g/mol. The van der Waals surface area contributed by atoms with Crippen LogP contribution in [0.15, 0.2) is 29.4 Å². The standard InChI is InChI=1S/C20H29N3O2/c1-15(14-18(24)23-12-6-5-7-13-23)21-22-19(25)16-8-10-17(11-9-16)20(2,3)4/h8-11H,5-7,12-14H2,1-4H3,(H,22,25)/b21-15-. The van der Waals surface area contributed by atoms with Gasteiger partial charge in [-0.05, 0) is 49.3 Å². The number of hydrazone groups is 1. The molecule has 1 heterocycles. The monoisotopic (exact) mass is 343 g/mol. The van der Waals surface area contributed by atoms with E-state index in [1.54, 1.807) is 19.1 Å². The smallest absolute Gasteiger partial charge is 0.271 e. The van der Waals surface area contributed by atoms with Crippen molar-refractivity contribution >= 4 is 17.5 Å². The van der Waals surface area contributed by atoms with Crippen LogP contribution in [-0.4, -0.2) is 35.5 Å². The van der Waals surface area contributed by atoms with Crippen LogP contribution in [0.2, 0.25) is 0 Å². The molecule has 2 amide bonds. The molecule has 136 valence electrons. The van der Waals surface area contributed by atoms with Crippen LogP contribution < -0.4 is 5.43 Å². The first kappa shape index (κ1) is 19.2. The number of amides is 2. The van der Waals surface area contributed by atoms with Crippen molar-refractivity contribution in [2.75, 3.05) is 13.1 Å². The summed E-state index contributed by atoms with van der Waals surface area (Å²) in [6.07, 6.45) is 3.59.